The number of aliphatic hydroxyl groups excluding tert-OH is 1. The van der Waals surface area contributed by atoms with Crippen LogP contribution in [0.5, 0.6) is 0 Å². The fourth-order valence-electron chi connectivity index (χ4n) is 6.98. The lowest BCUT2D eigenvalue weighted by Gasteiger charge is -2.38. The van der Waals surface area contributed by atoms with Gasteiger partial charge in [0.05, 0.1) is 0 Å². The fourth-order valence-corrected chi connectivity index (χ4v) is 6.98. The fraction of sp³-hybridized carbons (Fsp3) is 0.633. The predicted octanol–water partition coefficient (Wildman–Crippen LogP) is 2.99. The van der Waals surface area contributed by atoms with Gasteiger partial charge in [-0.3, -0.25) is 14.3 Å². The number of anilines is 1. The standard InChI is InChI=1S/C30H41N5O3/c1-19-6-5-7-23(20(19)2)32-12-14-33(15-13-32)25(37)17-35-24-16-22-21(3)26(22)27(24)28(31-35)29(38)34-10-8-30(4,18-36)9-11-34/h5-7,21-22,26,36H,8-18H2,1-4H3. The summed E-state index contributed by atoms with van der Waals surface area (Å²) < 4.78 is 1.85. The molecule has 2 saturated heterocycles. The van der Waals surface area contributed by atoms with Gasteiger partial charge in [-0.15, -0.1) is 0 Å². The number of rotatable bonds is 5. The third-order valence-corrected chi connectivity index (χ3v) is 10.1. The molecule has 2 aliphatic carbocycles. The van der Waals surface area contributed by atoms with Crippen LogP contribution in [0.3, 0.4) is 0 Å². The van der Waals surface area contributed by atoms with Crippen molar-refractivity contribution in [3.8, 4) is 0 Å². The van der Waals surface area contributed by atoms with Crippen molar-refractivity contribution in [2.45, 2.75) is 59.4 Å². The molecule has 2 aliphatic heterocycles. The van der Waals surface area contributed by atoms with E-state index in [-0.39, 0.29) is 30.4 Å². The Kier molecular flexibility index (Phi) is 6.29. The van der Waals surface area contributed by atoms with E-state index in [1.54, 1.807) is 0 Å². The van der Waals surface area contributed by atoms with Gasteiger partial charge in [-0.2, -0.15) is 5.10 Å². The molecular weight excluding hydrogens is 478 g/mol. The highest BCUT2D eigenvalue weighted by Crippen LogP contribution is 2.62. The molecule has 8 nitrogen and oxygen atoms in total. The van der Waals surface area contributed by atoms with Crippen LogP contribution in [0, 0.1) is 31.1 Å². The van der Waals surface area contributed by atoms with Crippen LogP contribution in [0.1, 0.15) is 65.5 Å². The first-order valence-corrected chi connectivity index (χ1v) is 14.3. The van der Waals surface area contributed by atoms with Crippen molar-refractivity contribution in [2.75, 3.05) is 50.8 Å². The maximum Gasteiger partial charge on any atom is 0.274 e. The van der Waals surface area contributed by atoms with Crippen LogP contribution < -0.4 is 4.90 Å². The Labute approximate surface area is 225 Å². The van der Waals surface area contributed by atoms with E-state index in [1.165, 1.54) is 16.8 Å². The van der Waals surface area contributed by atoms with Crippen LogP contribution in [0.25, 0.3) is 0 Å². The molecule has 1 N–H and O–H groups in total. The Balaban J connectivity index is 1.15. The molecule has 4 aliphatic rings. The number of piperidine rings is 1. The molecule has 8 heteroatoms. The number of aliphatic hydroxyl groups is 1. The van der Waals surface area contributed by atoms with Crippen molar-refractivity contribution in [1.82, 2.24) is 19.6 Å². The number of likely N-dealkylation sites (tertiary alicyclic amines) is 1. The van der Waals surface area contributed by atoms with Crippen LogP contribution in [0.15, 0.2) is 18.2 Å². The molecule has 3 atom stereocenters. The zero-order chi connectivity index (χ0) is 26.8. The second kappa shape index (κ2) is 9.40. The number of carbonyl (C=O) groups is 2. The SMILES string of the molecule is Cc1cccc(N2CCN(C(=O)Cn3nc(C(=O)N4CCC(C)(CO)CC4)c4c3CC3C(C)C43)CC2)c1C. The normalized spacial score (nSPS) is 25.8. The number of fused-ring (bicyclic) bond motifs is 3. The average molecular weight is 520 g/mol. The van der Waals surface area contributed by atoms with Crippen molar-refractivity contribution < 1.29 is 14.7 Å². The molecule has 6 rings (SSSR count). The van der Waals surface area contributed by atoms with Gasteiger partial charge < -0.3 is 19.8 Å². The summed E-state index contributed by atoms with van der Waals surface area (Å²) in [5.41, 5.74) is 6.52. The quantitative estimate of drug-likeness (QED) is 0.657. The van der Waals surface area contributed by atoms with Gasteiger partial charge in [0.2, 0.25) is 5.91 Å². The van der Waals surface area contributed by atoms with E-state index in [9.17, 15) is 14.7 Å². The number of carbonyl (C=O) groups excluding carboxylic acids is 2. The van der Waals surface area contributed by atoms with Crippen molar-refractivity contribution in [2.24, 2.45) is 17.3 Å². The monoisotopic (exact) mass is 519 g/mol. The molecule has 3 unspecified atom stereocenters. The topological polar surface area (TPSA) is 81.9 Å². The van der Waals surface area contributed by atoms with Gasteiger partial charge in [-0.1, -0.05) is 26.0 Å². The zero-order valence-corrected chi connectivity index (χ0v) is 23.2. The van der Waals surface area contributed by atoms with E-state index in [2.05, 4.69) is 50.8 Å². The molecule has 0 spiro atoms. The van der Waals surface area contributed by atoms with Crippen LogP contribution in [-0.4, -0.2) is 82.4 Å². The minimum absolute atomic E-state index is 0.00525. The Bertz CT molecular complexity index is 1250. The van der Waals surface area contributed by atoms with Crippen LogP contribution in [0.4, 0.5) is 5.69 Å². The predicted molar refractivity (Wildman–Crippen MR) is 146 cm³/mol. The molecule has 1 saturated carbocycles. The summed E-state index contributed by atoms with van der Waals surface area (Å²) in [5.74, 6) is 1.65. The Morgan fingerprint density at radius 3 is 2.45 bits per heavy atom. The summed E-state index contributed by atoms with van der Waals surface area (Å²) in [7, 11) is 0. The lowest BCUT2D eigenvalue weighted by atomic mass is 9.81. The maximum absolute atomic E-state index is 13.6. The van der Waals surface area contributed by atoms with Crippen LogP contribution in [0.2, 0.25) is 0 Å². The molecule has 2 aromatic rings. The highest BCUT2D eigenvalue weighted by Gasteiger charge is 2.56. The largest absolute Gasteiger partial charge is 0.396 e. The van der Waals surface area contributed by atoms with E-state index in [4.69, 9.17) is 5.10 Å². The van der Waals surface area contributed by atoms with Gasteiger partial charge in [-0.05, 0) is 73.5 Å². The van der Waals surface area contributed by atoms with Crippen molar-refractivity contribution >= 4 is 17.5 Å². The van der Waals surface area contributed by atoms with Crippen molar-refractivity contribution in [1.29, 1.82) is 0 Å². The molecule has 3 fully saturated rings. The number of piperazine rings is 1. The Morgan fingerprint density at radius 2 is 1.76 bits per heavy atom. The lowest BCUT2D eigenvalue weighted by Crippen LogP contribution is -2.50. The van der Waals surface area contributed by atoms with Crippen LogP contribution >= 0.6 is 0 Å². The summed E-state index contributed by atoms with van der Waals surface area (Å²) >= 11 is 0. The van der Waals surface area contributed by atoms with Gasteiger partial charge in [0.1, 0.15) is 6.54 Å². The van der Waals surface area contributed by atoms with Crippen molar-refractivity contribution in [3.05, 3.63) is 46.3 Å². The van der Waals surface area contributed by atoms with Gasteiger partial charge in [0.15, 0.2) is 5.69 Å². The number of aromatic nitrogens is 2. The third kappa shape index (κ3) is 4.21. The molecule has 1 aromatic heterocycles. The lowest BCUT2D eigenvalue weighted by molar-refractivity contribution is -0.132. The summed E-state index contributed by atoms with van der Waals surface area (Å²) in [5, 5.41) is 14.5. The number of hydrogen-bond donors (Lipinski definition) is 1. The molecule has 1 aromatic carbocycles. The molecule has 0 bridgehead atoms. The first-order valence-electron chi connectivity index (χ1n) is 14.3. The average Bonchev–Trinajstić information content (AvgIpc) is 3.23. The van der Waals surface area contributed by atoms with Gasteiger partial charge in [0.25, 0.3) is 5.91 Å². The maximum atomic E-state index is 13.6. The van der Waals surface area contributed by atoms with Crippen molar-refractivity contribution in [3.63, 3.8) is 0 Å². The smallest absolute Gasteiger partial charge is 0.274 e. The van der Waals surface area contributed by atoms with Gasteiger partial charge in [-0.25, -0.2) is 0 Å². The summed E-state index contributed by atoms with van der Waals surface area (Å²) in [6, 6.07) is 6.42. The Morgan fingerprint density at radius 1 is 1.05 bits per heavy atom. The number of amides is 2. The molecule has 0 radical (unpaired) electrons. The second-order valence-corrected chi connectivity index (χ2v) is 12.5. The highest BCUT2D eigenvalue weighted by atomic mass is 16.3. The minimum Gasteiger partial charge on any atom is -0.396 e. The van der Waals surface area contributed by atoms with E-state index in [0.717, 1.165) is 43.6 Å². The molecule has 3 heterocycles. The van der Waals surface area contributed by atoms with E-state index in [0.29, 0.717) is 49.6 Å². The van der Waals surface area contributed by atoms with E-state index >= 15 is 0 Å². The number of aryl methyl sites for hydroxylation is 1. The van der Waals surface area contributed by atoms with Gasteiger partial charge >= 0.3 is 0 Å². The summed E-state index contributed by atoms with van der Waals surface area (Å²) in [6.45, 7) is 13.3. The number of nitrogens with zero attached hydrogens (tertiary/aromatic N) is 5. The first-order chi connectivity index (χ1) is 18.2. The number of benzene rings is 1. The van der Waals surface area contributed by atoms with Gasteiger partial charge in [0, 0.05) is 62.8 Å². The first kappa shape index (κ1) is 25.4. The molecule has 2 amide bonds. The third-order valence-electron chi connectivity index (χ3n) is 10.1. The Hall–Kier alpha value is -2.87. The number of hydrogen-bond acceptors (Lipinski definition) is 5. The zero-order valence-electron chi connectivity index (χ0n) is 23.2. The summed E-state index contributed by atoms with van der Waals surface area (Å²) in [6.07, 6.45) is 2.51. The molecule has 204 valence electrons. The highest BCUT2D eigenvalue weighted by molar-refractivity contribution is 5.95. The van der Waals surface area contributed by atoms with Crippen LogP contribution in [-0.2, 0) is 17.8 Å². The minimum atomic E-state index is -0.108. The van der Waals surface area contributed by atoms with E-state index in [1.807, 2.05) is 14.5 Å². The second-order valence-electron chi connectivity index (χ2n) is 12.5. The summed E-state index contributed by atoms with van der Waals surface area (Å²) in [4.78, 5) is 33.3. The molecule has 38 heavy (non-hydrogen) atoms. The van der Waals surface area contributed by atoms with E-state index < -0.39 is 0 Å². The molecular formula is C30H41N5O3.